The molecule has 5 nitrogen and oxygen atoms in total. The monoisotopic (exact) mass is 301 g/mol. The fourth-order valence-corrected chi connectivity index (χ4v) is 2.34. The molecule has 1 aliphatic heterocycles. The molecule has 2 unspecified atom stereocenters. The predicted molar refractivity (Wildman–Crippen MR) is 69.3 cm³/mol. The van der Waals surface area contributed by atoms with Gasteiger partial charge in [-0.25, -0.2) is 9.18 Å². The van der Waals surface area contributed by atoms with Crippen LogP contribution in [-0.2, 0) is 9.53 Å². The number of nitrogens with zero attached hydrogens (tertiary/aromatic N) is 1. The Bertz CT molecular complexity index is 551. The summed E-state index contributed by atoms with van der Waals surface area (Å²) in [5.74, 6) is -2.37. The van der Waals surface area contributed by atoms with E-state index in [1.807, 2.05) is 0 Å². The summed E-state index contributed by atoms with van der Waals surface area (Å²) in [6.07, 6.45) is -0.120. The van der Waals surface area contributed by atoms with Crippen molar-refractivity contribution in [2.24, 2.45) is 0 Å². The molecule has 1 aliphatic rings. The highest BCUT2D eigenvalue weighted by molar-refractivity contribution is 6.30. The molecule has 1 aromatic carbocycles. The van der Waals surface area contributed by atoms with Gasteiger partial charge in [-0.3, -0.25) is 4.79 Å². The summed E-state index contributed by atoms with van der Waals surface area (Å²) in [5.41, 5.74) is 0.0647. The maximum absolute atomic E-state index is 13.4. The van der Waals surface area contributed by atoms with Crippen molar-refractivity contribution < 1.29 is 23.8 Å². The van der Waals surface area contributed by atoms with Gasteiger partial charge in [-0.1, -0.05) is 11.6 Å². The lowest BCUT2D eigenvalue weighted by atomic mass is 10.1. The first-order valence-corrected chi connectivity index (χ1v) is 6.33. The minimum atomic E-state index is -1.10. The van der Waals surface area contributed by atoms with E-state index in [9.17, 15) is 14.0 Å². The van der Waals surface area contributed by atoms with E-state index in [0.29, 0.717) is 0 Å². The summed E-state index contributed by atoms with van der Waals surface area (Å²) >= 11 is 5.56. The van der Waals surface area contributed by atoms with Crippen LogP contribution in [0.3, 0.4) is 0 Å². The molecule has 2 rings (SSSR count). The minimum absolute atomic E-state index is 0.0647. The zero-order valence-corrected chi connectivity index (χ0v) is 11.4. The van der Waals surface area contributed by atoms with Crippen molar-refractivity contribution in [3.05, 3.63) is 34.6 Å². The molecule has 1 saturated heterocycles. The highest BCUT2D eigenvalue weighted by atomic mass is 35.5. The van der Waals surface area contributed by atoms with Gasteiger partial charge in [-0.15, -0.1) is 0 Å². The first kappa shape index (κ1) is 14.7. The van der Waals surface area contributed by atoms with Gasteiger partial charge in [0.2, 0.25) is 0 Å². The largest absolute Gasteiger partial charge is 0.480 e. The minimum Gasteiger partial charge on any atom is -0.480 e. The molecule has 2 atom stereocenters. The molecule has 0 spiro atoms. The van der Waals surface area contributed by atoms with Crippen LogP contribution < -0.4 is 0 Å². The Labute approximate surface area is 119 Å². The topological polar surface area (TPSA) is 66.8 Å². The summed E-state index contributed by atoms with van der Waals surface area (Å²) in [6, 6.07) is 2.67. The SMILES string of the molecule is COC1CC(C(=O)O)N(C(=O)c2ccc(Cl)c(F)c2)C1. The Balaban J connectivity index is 2.26. The van der Waals surface area contributed by atoms with Crippen LogP contribution in [-0.4, -0.2) is 47.7 Å². The lowest BCUT2D eigenvalue weighted by molar-refractivity contribution is -0.141. The van der Waals surface area contributed by atoms with Crippen LogP contribution in [0.25, 0.3) is 0 Å². The Kier molecular flexibility index (Phi) is 4.25. The summed E-state index contributed by atoms with van der Waals surface area (Å²) in [6.45, 7) is 0.163. The van der Waals surface area contributed by atoms with Gasteiger partial charge in [-0.05, 0) is 18.2 Å². The van der Waals surface area contributed by atoms with Crippen LogP contribution in [0.1, 0.15) is 16.8 Å². The normalized spacial score (nSPS) is 22.1. The van der Waals surface area contributed by atoms with Gasteiger partial charge in [0.05, 0.1) is 11.1 Å². The smallest absolute Gasteiger partial charge is 0.326 e. The standard InChI is InChI=1S/C13H13ClFNO4/c1-20-8-5-11(13(18)19)16(6-8)12(17)7-2-3-9(14)10(15)4-7/h2-4,8,11H,5-6H2,1H3,(H,18,19). The number of hydrogen-bond acceptors (Lipinski definition) is 3. The zero-order chi connectivity index (χ0) is 14.9. The highest BCUT2D eigenvalue weighted by Gasteiger charge is 2.40. The fourth-order valence-electron chi connectivity index (χ4n) is 2.22. The van der Waals surface area contributed by atoms with Gasteiger partial charge in [0.15, 0.2) is 0 Å². The number of carbonyl (C=O) groups is 2. The molecule has 108 valence electrons. The molecule has 0 aromatic heterocycles. The maximum Gasteiger partial charge on any atom is 0.326 e. The number of benzene rings is 1. The van der Waals surface area contributed by atoms with Crippen molar-refractivity contribution in [3.63, 3.8) is 0 Å². The van der Waals surface area contributed by atoms with Crippen molar-refractivity contribution >= 4 is 23.5 Å². The van der Waals surface area contributed by atoms with E-state index >= 15 is 0 Å². The zero-order valence-electron chi connectivity index (χ0n) is 10.7. The van der Waals surface area contributed by atoms with Crippen LogP contribution in [0.5, 0.6) is 0 Å². The Morgan fingerprint density at radius 3 is 2.75 bits per heavy atom. The molecule has 0 bridgehead atoms. The fraction of sp³-hybridized carbons (Fsp3) is 0.385. The second-order valence-electron chi connectivity index (χ2n) is 4.53. The molecule has 1 aromatic rings. The van der Waals surface area contributed by atoms with Crippen molar-refractivity contribution in [3.8, 4) is 0 Å². The molecule has 1 N–H and O–H groups in total. The van der Waals surface area contributed by atoms with Gasteiger partial charge in [0.1, 0.15) is 11.9 Å². The average molecular weight is 302 g/mol. The number of hydrogen-bond donors (Lipinski definition) is 1. The van der Waals surface area contributed by atoms with Crippen LogP contribution in [0.4, 0.5) is 4.39 Å². The Morgan fingerprint density at radius 2 is 2.20 bits per heavy atom. The predicted octanol–water partition coefficient (Wildman–Crippen LogP) is 1.79. The number of ether oxygens (including phenoxy) is 1. The summed E-state index contributed by atoms with van der Waals surface area (Å²) in [5, 5.41) is 9.06. The molecular formula is C13H13ClFNO4. The number of carbonyl (C=O) groups excluding carboxylic acids is 1. The van der Waals surface area contributed by atoms with E-state index in [-0.39, 0.29) is 29.7 Å². The van der Waals surface area contributed by atoms with Gasteiger partial charge >= 0.3 is 5.97 Å². The van der Waals surface area contributed by atoms with Crippen molar-refractivity contribution in [2.75, 3.05) is 13.7 Å². The number of halogens is 2. The second kappa shape index (κ2) is 5.76. The van der Waals surface area contributed by atoms with Crippen molar-refractivity contribution in [1.82, 2.24) is 4.90 Å². The quantitative estimate of drug-likeness (QED) is 0.924. The third-order valence-electron chi connectivity index (χ3n) is 3.31. The molecule has 7 heteroatoms. The lowest BCUT2D eigenvalue weighted by Crippen LogP contribution is -2.40. The van der Waals surface area contributed by atoms with Gasteiger partial charge in [-0.2, -0.15) is 0 Å². The molecule has 1 fully saturated rings. The summed E-state index contributed by atoms with van der Waals surface area (Å²) < 4.78 is 18.5. The van der Waals surface area contributed by atoms with Crippen molar-refractivity contribution in [2.45, 2.75) is 18.6 Å². The van der Waals surface area contributed by atoms with Gasteiger partial charge in [0, 0.05) is 25.6 Å². The highest BCUT2D eigenvalue weighted by Crippen LogP contribution is 2.24. The van der Waals surface area contributed by atoms with Crippen LogP contribution >= 0.6 is 11.6 Å². The number of amides is 1. The van der Waals surface area contributed by atoms with Crippen LogP contribution in [0, 0.1) is 5.82 Å². The number of carboxylic acid groups (broad SMARTS) is 1. The summed E-state index contributed by atoms with van der Waals surface area (Å²) in [4.78, 5) is 24.6. The summed E-state index contributed by atoms with van der Waals surface area (Å²) in [7, 11) is 1.46. The number of likely N-dealkylation sites (tertiary alicyclic amines) is 1. The first-order valence-electron chi connectivity index (χ1n) is 5.95. The molecule has 1 heterocycles. The molecule has 0 aliphatic carbocycles. The molecule has 1 amide bonds. The van der Waals surface area contributed by atoms with Crippen LogP contribution in [0.15, 0.2) is 18.2 Å². The van der Waals surface area contributed by atoms with E-state index in [4.69, 9.17) is 21.4 Å². The maximum atomic E-state index is 13.4. The van der Waals surface area contributed by atoms with E-state index in [2.05, 4.69) is 0 Å². The van der Waals surface area contributed by atoms with Gasteiger partial charge in [0.25, 0.3) is 5.91 Å². The molecule has 20 heavy (non-hydrogen) atoms. The van der Waals surface area contributed by atoms with E-state index in [1.165, 1.54) is 24.1 Å². The van der Waals surface area contributed by atoms with Crippen molar-refractivity contribution in [1.29, 1.82) is 0 Å². The number of aliphatic carboxylic acids is 1. The number of rotatable bonds is 3. The number of methoxy groups -OCH3 is 1. The van der Waals surface area contributed by atoms with Gasteiger partial charge < -0.3 is 14.7 Å². The third kappa shape index (κ3) is 2.76. The average Bonchev–Trinajstić information content (AvgIpc) is 2.85. The third-order valence-corrected chi connectivity index (χ3v) is 3.62. The van der Waals surface area contributed by atoms with E-state index in [1.54, 1.807) is 0 Å². The molecular weight excluding hydrogens is 289 g/mol. The lowest BCUT2D eigenvalue weighted by Gasteiger charge is -2.21. The van der Waals surface area contributed by atoms with E-state index < -0.39 is 23.7 Å². The second-order valence-corrected chi connectivity index (χ2v) is 4.94. The number of carboxylic acids is 1. The van der Waals surface area contributed by atoms with E-state index in [0.717, 1.165) is 6.07 Å². The molecule has 0 radical (unpaired) electrons. The first-order chi connectivity index (χ1) is 9.43. The Hall–Kier alpha value is -1.66. The Morgan fingerprint density at radius 1 is 1.50 bits per heavy atom. The molecule has 0 saturated carbocycles. The van der Waals surface area contributed by atoms with Crippen LogP contribution in [0.2, 0.25) is 5.02 Å².